The SMILES string of the molecule is CC(C)CCc1cc(NC(=O)N[C@H]2CCCN(c3cnn(C)c3)C2)n(C)n1. The van der Waals surface area contributed by atoms with Gasteiger partial charge in [-0.25, -0.2) is 4.79 Å². The van der Waals surface area contributed by atoms with Crippen molar-refractivity contribution in [3.8, 4) is 0 Å². The van der Waals surface area contributed by atoms with Gasteiger partial charge in [0.2, 0.25) is 0 Å². The summed E-state index contributed by atoms with van der Waals surface area (Å²) in [6, 6.07) is 1.91. The summed E-state index contributed by atoms with van der Waals surface area (Å²) in [5.74, 6) is 1.37. The van der Waals surface area contributed by atoms with E-state index in [1.165, 1.54) is 0 Å². The van der Waals surface area contributed by atoms with Gasteiger partial charge in [-0.05, 0) is 31.6 Å². The fraction of sp³-hybridized carbons (Fsp3) is 0.632. The Balaban J connectivity index is 1.53. The molecule has 0 bridgehead atoms. The maximum Gasteiger partial charge on any atom is 0.320 e. The highest BCUT2D eigenvalue weighted by Gasteiger charge is 2.22. The second-order valence-electron chi connectivity index (χ2n) is 7.83. The minimum atomic E-state index is -0.175. The zero-order valence-electron chi connectivity index (χ0n) is 16.8. The van der Waals surface area contributed by atoms with E-state index in [2.05, 4.69) is 39.6 Å². The number of aryl methyl sites for hydroxylation is 3. The molecule has 8 nitrogen and oxygen atoms in total. The summed E-state index contributed by atoms with van der Waals surface area (Å²) in [5.41, 5.74) is 2.12. The Labute approximate surface area is 160 Å². The van der Waals surface area contributed by atoms with Crippen LogP contribution in [-0.4, -0.2) is 44.7 Å². The van der Waals surface area contributed by atoms with Crippen molar-refractivity contribution in [3.05, 3.63) is 24.2 Å². The molecule has 2 aromatic rings. The lowest BCUT2D eigenvalue weighted by atomic mass is 10.1. The lowest BCUT2D eigenvalue weighted by Gasteiger charge is -2.33. The average molecular weight is 374 g/mol. The van der Waals surface area contributed by atoms with Crippen molar-refractivity contribution in [2.24, 2.45) is 20.0 Å². The summed E-state index contributed by atoms with van der Waals surface area (Å²) in [6.45, 7) is 6.19. The molecule has 2 aromatic heterocycles. The number of amides is 2. The number of anilines is 2. The highest BCUT2D eigenvalue weighted by Crippen LogP contribution is 2.19. The van der Waals surface area contributed by atoms with Crippen molar-refractivity contribution in [1.29, 1.82) is 0 Å². The molecule has 1 aliphatic heterocycles. The number of aromatic nitrogens is 4. The molecule has 0 radical (unpaired) electrons. The van der Waals surface area contributed by atoms with Crippen LogP contribution in [0.4, 0.5) is 16.3 Å². The van der Waals surface area contributed by atoms with Gasteiger partial charge in [0.25, 0.3) is 0 Å². The van der Waals surface area contributed by atoms with Gasteiger partial charge in [-0.15, -0.1) is 0 Å². The normalized spacial score (nSPS) is 17.4. The molecule has 3 rings (SSSR count). The third-order valence-corrected chi connectivity index (χ3v) is 4.96. The van der Waals surface area contributed by atoms with E-state index in [9.17, 15) is 4.79 Å². The summed E-state index contributed by atoms with van der Waals surface area (Å²) in [7, 11) is 3.78. The molecule has 2 amide bonds. The summed E-state index contributed by atoms with van der Waals surface area (Å²) in [4.78, 5) is 14.7. The van der Waals surface area contributed by atoms with Crippen LogP contribution in [0.5, 0.6) is 0 Å². The van der Waals surface area contributed by atoms with E-state index in [1.54, 1.807) is 9.36 Å². The maximum atomic E-state index is 12.5. The van der Waals surface area contributed by atoms with Crippen molar-refractivity contribution in [2.75, 3.05) is 23.3 Å². The minimum Gasteiger partial charge on any atom is -0.367 e. The van der Waals surface area contributed by atoms with Crippen LogP contribution in [-0.2, 0) is 20.5 Å². The number of carbonyl (C=O) groups excluding carboxylic acids is 1. The van der Waals surface area contributed by atoms with Gasteiger partial charge in [-0.1, -0.05) is 13.8 Å². The zero-order valence-corrected chi connectivity index (χ0v) is 16.8. The van der Waals surface area contributed by atoms with E-state index >= 15 is 0 Å². The molecule has 148 valence electrons. The van der Waals surface area contributed by atoms with Crippen molar-refractivity contribution >= 4 is 17.5 Å². The molecule has 1 saturated heterocycles. The Morgan fingerprint density at radius 1 is 1.37 bits per heavy atom. The molecule has 2 N–H and O–H groups in total. The van der Waals surface area contributed by atoms with Crippen LogP contribution in [0.15, 0.2) is 18.5 Å². The first-order chi connectivity index (χ1) is 12.9. The van der Waals surface area contributed by atoms with E-state index in [4.69, 9.17) is 0 Å². The second-order valence-corrected chi connectivity index (χ2v) is 7.83. The van der Waals surface area contributed by atoms with Crippen LogP contribution < -0.4 is 15.5 Å². The molecule has 0 unspecified atom stereocenters. The molecule has 0 aliphatic carbocycles. The molecule has 27 heavy (non-hydrogen) atoms. The van der Waals surface area contributed by atoms with Crippen LogP contribution in [0, 0.1) is 5.92 Å². The Morgan fingerprint density at radius 2 is 2.19 bits per heavy atom. The van der Waals surface area contributed by atoms with Crippen LogP contribution in [0.3, 0.4) is 0 Å². The summed E-state index contributed by atoms with van der Waals surface area (Å²) >= 11 is 0. The van der Waals surface area contributed by atoms with Crippen LogP contribution in [0.2, 0.25) is 0 Å². The van der Waals surface area contributed by atoms with Crippen molar-refractivity contribution < 1.29 is 4.79 Å². The average Bonchev–Trinajstić information content (AvgIpc) is 3.19. The highest BCUT2D eigenvalue weighted by molar-refractivity contribution is 5.88. The fourth-order valence-electron chi connectivity index (χ4n) is 3.44. The number of nitrogens with zero attached hydrogens (tertiary/aromatic N) is 5. The molecule has 1 aliphatic rings. The first kappa shape index (κ1) is 19.3. The minimum absolute atomic E-state index is 0.118. The quantitative estimate of drug-likeness (QED) is 0.815. The molecular weight excluding hydrogens is 342 g/mol. The standard InChI is InChI=1S/C19H31N7O/c1-14(2)7-8-15-10-18(25(4)23-15)22-19(27)21-16-6-5-9-26(12-16)17-11-20-24(3)13-17/h10-11,13-14,16H,5-9,12H2,1-4H3,(H2,21,22,27)/t16-/m0/s1. The van der Waals surface area contributed by atoms with Gasteiger partial charge >= 0.3 is 6.03 Å². The predicted molar refractivity (Wildman–Crippen MR) is 107 cm³/mol. The molecular formula is C19H31N7O. The second kappa shape index (κ2) is 8.45. The molecule has 0 aromatic carbocycles. The predicted octanol–water partition coefficient (Wildman–Crippen LogP) is 2.53. The van der Waals surface area contributed by atoms with Gasteiger partial charge in [-0.2, -0.15) is 10.2 Å². The Hall–Kier alpha value is -2.51. The number of hydrogen-bond donors (Lipinski definition) is 2. The lowest BCUT2D eigenvalue weighted by Crippen LogP contribution is -2.49. The summed E-state index contributed by atoms with van der Waals surface area (Å²) in [5, 5.41) is 14.8. The van der Waals surface area contributed by atoms with Crippen LogP contribution in [0.25, 0.3) is 0 Å². The Bertz CT molecular complexity index is 764. The summed E-state index contributed by atoms with van der Waals surface area (Å²) in [6.07, 6.45) is 7.93. The van der Waals surface area contributed by atoms with E-state index < -0.39 is 0 Å². The topological polar surface area (TPSA) is 80.0 Å². The first-order valence-electron chi connectivity index (χ1n) is 9.74. The third-order valence-electron chi connectivity index (χ3n) is 4.96. The van der Waals surface area contributed by atoms with E-state index in [0.717, 1.165) is 56.0 Å². The van der Waals surface area contributed by atoms with Crippen LogP contribution in [0.1, 0.15) is 38.8 Å². The van der Waals surface area contributed by atoms with Gasteiger partial charge in [0.1, 0.15) is 5.82 Å². The number of carbonyl (C=O) groups is 1. The molecule has 0 saturated carbocycles. The monoisotopic (exact) mass is 373 g/mol. The van der Waals surface area contributed by atoms with Crippen molar-refractivity contribution in [3.63, 3.8) is 0 Å². The Kier molecular flexibility index (Phi) is 6.03. The zero-order chi connectivity index (χ0) is 19.4. The maximum absolute atomic E-state index is 12.5. The molecule has 3 heterocycles. The molecule has 1 atom stereocenters. The van der Waals surface area contributed by atoms with Gasteiger partial charge in [0.05, 0.1) is 17.6 Å². The van der Waals surface area contributed by atoms with Crippen LogP contribution >= 0.6 is 0 Å². The number of nitrogens with one attached hydrogen (secondary N) is 2. The first-order valence-corrected chi connectivity index (χ1v) is 9.74. The molecule has 8 heteroatoms. The fourth-order valence-corrected chi connectivity index (χ4v) is 3.44. The Morgan fingerprint density at radius 3 is 2.89 bits per heavy atom. The number of piperidine rings is 1. The smallest absolute Gasteiger partial charge is 0.320 e. The third kappa shape index (κ3) is 5.24. The molecule has 1 fully saturated rings. The van der Waals surface area contributed by atoms with Gasteiger partial charge in [-0.3, -0.25) is 14.7 Å². The van der Waals surface area contributed by atoms with E-state index in [0.29, 0.717) is 5.92 Å². The number of rotatable bonds is 6. The number of urea groups is 1. The van der Waals surface area contributed by atoms with Crippen molar-refractivity contribution in [2.45, 2.75) is 45.6 Å². The largest absolute Gasteiger partial charge is 0.367 e. The number of hydrogen-bond acceptors (Lipinski definition) is 4. The van der Waals surface area contributed by atoms with E-state index in [1.807, 2.05) is 32.6 Å². The summed E-state index contributed by atoms with van der Waals surface area (Å²) < 4.78 is 3.54. The van der Waals surface area contributed by atoms with Crippen molar-refractivity contribution in [1.82, 2.24) is 24.9 Å². The van der Waals surface area contributed by atoms with Gasteiger partial charge in [0.15, 0.2) is 0 Å². The van der Waals surface area contributed by atoms with Gasteiger partial charge in [0, 0.05) is 45.5 Å². The lowest BCUT2D eigenvalue weighted by molar-refractivity contribution is 0.246. The highest BCUT2D eigenvalue weighted by atomic mass is 16.2. The van der Waals surface area contributed by atoms with Gasteiger partial charge < -0.3 is 10.2 Å². The molecule has 0 spiro atoms. The van der Waals surface area contributed by atoms with E-state index in [-0.39, 0.29) is 12.1 Å².